The first kappa shape index (κ1) is 13.1. The van der Waals surface area contributed by atoms with Gasteiger partial charge in [-0.05, 0) is 12.1 Å². The average Bonchev–Trinajstić information content (AvgIpc) is 2.85. The Hall–Kier alpha value is -2.37. The van der Waals surface area contributed by atoms with Gasteiger partial charge in [-0.25, -0.2) is 9.48 Å². The Kier molecular flexibility index (Phi) is 3.79. The summed E-state index contributed by atoms with van der Waals surface area (Å²) >= 11 is 0. The molecule has 6 nitrogen and oxygen atoms in total. The number of aliphatic carboxylic acids is 1. The highest BCUT2D eigenvalue weighted by atomic mass is 16.5. The van der Waals surface area contributed by atoms with Gasteiger partial charge in [-0.1, -0.05) is 32.0 Å². The van der Waals surface area contributed by atoms with Gasteiger partial charge in [0.1, 0.15) is 6.33 Å². The number of nitrogens with zero attached hydrogens (tertiary/aromatic N) is 3. The van der Waals surface area contributed by atoms with Crippen molar-refractivity contribution in [2.24, 2.45) is 5.92 Å². The summed E-state index contributed by atoms with van der Waals surface area (Å²) in [5.74, 6) is -1.19. The summed E-state index contributed by atoms with van der Waals surface area (Å²) in [6, 6.07) is 9.46. The lowest BCUT2D eigenvalue weighted by atomic mass is 10.1. The Balaban J connectivity index is 2.16. The fourth-order valence-electron chi connectivity index (χ4n) is 1.59. The molecule has 0 saturated heterocycles. The topological polar surface area (TPSA) is 77.2 Å². The first-order valence-corrected chi connectivity index (χ1v) is 5.94. The Morgan fingerprint density at radius 2 is 2.00 bits per heavy atom. The van der Waals surface area contributed by atoms with Gasteiger partial charge >= 0.3 is 12.0 Å². The van der Waals surface area contributed by atoms with Gasteiger partial charge in [0.25, 0.3) is 0 Å². The maximum Gasteiger partial charge on any atom is 0.345 e. The van der Waals surface area contributed by atoms with E-state index >= 15 is 0 Å². The van der Waals surface area contributed by atoms with Crippen molar-refractivity contribution >= 4 is 5.97 Å². The number of carboxylic acids is 1. The van der Waals surface area contributed by atoms with Crippen LogP contribution in [0.15, 0.2) is 36.7 Å². The molecule has 6 heteroatoms. The first-order valence-electron chi connectivity index (χ1n) is 5.94. The van der Waals surface area contributed by atoms with Gasteiger partial charge in [0, 0.05) is 5.92 Å². The van der Waals surface area contributed by atoms with Crippen LogP contribution in [0.3, 0.4) is 0 Å². The summed E-state index contributed by atoms with van der Waals surface area (Å²) in [5.41, 5.74) is 0.835. The molecular formula is C13H15N3O3. The fraction of sp³-hybridized carbons (Fsp3) is 0.308. The molecule has 0 saturated carbocycles. The number of ether oxygens (including phenoxy) is 1. The van der Waals surface area contributed by atoms with Crippen LogP contribution in [0.25, 0.3) is 5.69 Å². The van der Waals surface area contributed by atoms with Crippen LogP contribution in [0.2, 0.25) is 0 Å². The van der Waals surface area contributed by atoms with E-state index in [9.17, 15) is 4.79 Å². The molecule has 2 aromatic rings. The maximum absolute atomic E-state index is 11.0. The molecule has 0 fully saturated rings. The Bertz CT molecular complexity index is 551. The van der Waals surface area contributed by atoms with Gasteiger partial charge in [-0.2, -0.15) is 4.98 Å². The summed E-state index contributed by atoms with van der Waals surface area (Å²) in [6.45, 7) is 3.54. The predicted octanol–water partition coefficient (Wildman–Crippen LogP) is 1.76. The third kappa shape index (κ3) is 3.09. The number of hydrogen-bond donors (Lipinski definition) is 1. The Morgan fingerprint density at radius 1 is 1.32 bits per heavy atom. The van der Waals surface area contributed by atoms with Gasteiger partial charge in [-0.15, -0.1) is 5.10 Å². The normalized spacial score (nSPS) is 12.4. The number of carboxylic acid groups (broad SMARTS) is 1. The lowest BCUT2D eigenvalue weighted by Gasteiger charge is -2.15. The van der Waals surface area contributed by atoms with Crippen molar-refractivity contribution in [1.82, 2.24) is 14.8 Å². The highest BCUT2D eigenvalue weighted by Gasteiger charge is 2.25. The molecule has 1 atom stereocenters. The van der Waals surface area contributed by atoms with Crippen molar-refractivity contribution in [3.8, 4) is 11.7 Å². The van der Waals surface area contributed by atoms with Crippen LogP contribution in [0.4, 0.5) is 0 Å². The standard InChI is InChI=1S/C13H15N3O3/c1-9(2)11(12(17)18)19-13-14-8-16(15-13)10-6-4-3-5-7-10/h3-9,11H,1-2H3,(H,17,18). The summed E-state index contributed by atoms with van der Waals surface area (Å²) in [5, 5.41) is 13.1. The van der Waals surface area contributed by atoms with E-state index in [-0.39, 0.29) is 11.9 Å². The van der Waals surface area contributed by atoms with Gasteiger partial charge < -0.3 is 9.84 Å². The molecule has 19 heavy (non-hydrogen) atoms. The van der Waals surface area contributed by atoms with Crippen molar-refractivity contribution in [2.45, 2.75) is 20.0 Å². The van der Waals surface area contributed by atoms with Crippen LogP contribution in [0, 0.1) is 5.92 Å². The molecule has 100 valence electrons. The fourth-order valence-corrected chi connectivity index (χ4v) is 1.59. The van der Waals surface area contributed by atoms with E-state index in [1.54, 1.807) is 13.8 Å². The van der Waals surface area contributed by atoms with Crippen molar-refractivity contribution in [3.05, 3.63) is 36.7 Å². The minimum Gasteiger partial charge on any atom is -0.478 e. The monoisotopic (exact) mass is 261 g/mol. The van der Waals surface area contributed by atoms with E-state index in [1.807, 2.05) is 30.3 Å². The molecule has 0 aliphatic carbocycles. The molecule has 0 spiro atoms. The molecule has 1 unspecified atom stereocenters. The first-order chi connectivity index (χ1) is 9.08. The summed E-state index contributed by atoms with van der Waals surface area (Å²) in [7, 11) is 0. The smallest absolute Gasteiger partial charge is 0.345 e. The quantitative estimate of drug-likeness (QED) is 0.887. The van der Waals surface area contributed by atoms with Crippen LogP contribution in [-0.2, 0) is 4.79 Å². The molecule has 0 radical (unpaired) electrons. The molecule has 1 aromatic carbocycles. The number of hydrogen-bond acceptors (Lipinski definition) is 4. The second-order valence-electron chi connectivity index (χ2n) is 4.43. The Labute approximate surface area is 110 Å². The molecule has 2 rings (SSSR count). The summed E-state index contributed by atoms with van der Waals surface area (Å²) < 4.78 is 6.83. The lowest BCUT2D eigenvalue weighted by Crippen LogP contribution is -2.32. The van der Waals surface area contributed by atoms with Gasteiger partial charge in [0.2, 0.25) is 6.10 Å². The van der Waals surface area contributed by atoms with Crippen LogP contribution in [0.5, 0.6) is 6.01 Å². The van der Waals surface area contributed by atoms with Gasteiger partial charge in [0.05, 0.1) is 5.69 Å². The number of carbonyl (C=O) groups is 1. The minimum atomic E-state index is -1.02. The second kappa shape index (κ2) is 5.51. The van der Waals surface area contributed by atoms with E-state index < -0.39 is 12.1 Å². The highest BCUT2D eigenvalue weighted by Crippen LogP contribution is 2.13. The van der Waals surface area contributed by atoms with Crippen LogP contribution in [-0.4, -0.2) is 31.9 Å². The van der Waals surface area contributed by atoms with E-state index in [0.717, 1.165) is 5.69 Å². The molecule has 0 amide bonds. The van der Waals surface area contributed by atoms with E-state index in [4.69, 9.17) is 9.84 Å². The zero-order valence-corrected chi connectivity index (χ0v) is 10.7. The van der Waals surface area contributed by atoms with Crippen molar-refractivity contribution < 1.29 is 14.6 Å². The molecule has 1 N–H and O–H groups in total. The lowest BCUT2D eigenvalue weighted by molar-refractivity contribution is -0.147. The largest absolute Gasteiger partial charge is 0.478 e. The van der Waals surface area contributed by atoms with Crippen LogP contribution in [0.1, 0.15) is 13.8 Å². The zero-order chi connectivity index (χ0) is 13.8. The van der Waals surface area contributed by atoms with Crippen molar-refractivity contribution in [2.75, 3.05) is 0 Å². The number of rotatable bonds is 5. The SMILES string of the molecule is CC(C)C(Oc1ncn(-c2ccccc2)n1)C(=O)O. The molecule has 0 aliphatic rings. The summed E-state index contributed by atoms with van der Waals surface area (Å²) in [4.78, 5) is 15.0. The minimum absolute atomic E-state index is 0.0601. The highest BCUT2D eigenvalue weighted by molar-refractivity contribution is 5.72. The van der Waals surface area contributed by atoms with E-state index in [0.29, 0.717) is 0 Å². The van der Waals surface area contributed by atoms with Crippen molar-refractivity contribution in [1.29, 1.82) is 0 Å². The third-order valence-electron chi connectivity index (χ3n) is 2.57. The summed E-state index contributed by atoms with van der Waals surface area (Å²) in [6.07, 6.45) is 0.538. The molecular weight excluding hydrogens is 246 g/mol. The molecule has 1 heterocycles. The number of aromatic nitrogens is 3. The van der Waals surface area contributed by atoms with Gasteiger partial charge in [0.15, 0.2) is 0 Å². The van der Waals surface area contributed by atoms with E-state index in [1.165, 1.54) is 11.0 Å². The molecule has 0 bridgehead atoms. The maximum atomic E-state index is 11.0. The Morgan fingerprint density at radius 3 is 2.58 bits per heavy atom. The second-order valence-corrected chi connectivity index (χ2v) is 4.43. The van der Waals surface area contributed by atoms with E-state index in [2.05, 4.69) is 10.1 Å². The zero-order valence-electron chi connectivity index (χ0n) is 10.7. The van der Waals surface area contributed by atoms with Gasteiger partial charge in [-0.3, -0.25) is 0 Å². The molecule has 1 aromatic heterocycles. The predicted molar refractivity (Wildman–Crippen MR) is 68.2 cm³/mol. The van der Waals surface area contributed by atoms with Crippen LogP contribution >= 0.6 is 0 Å². The van der Waals surface area contributed by atoms with Crippen LogP contribution < -0.4 is 4.74 Å². The number of para-hydroxylation sites is 1. The average molecular weight is 261 g/mol. The van der Waals surface area contributed by atoms with Crippen molar-refractivity contribution in [3.63, 3.8) is 0 Å². The number of benzene rings is 1. The third-order valence-corrected chi connectivity index (χ3v) is 2.57. The molecule has 0 aliphatic heterocycles.